The van der Waals surface area contributed by atoms with Gasteiger partial charge in [0.2, 0.25) is 0 Å². The third-order valence-electron chi connectivity index (χ3n) is 4.95. The Kier molecular flexibility index (Phi) is 6.22. The van der Waals surface area contributed by atoms with Gasteiger partial charge in [-0.15, -0.1) is 0 Å². The van der Waals surface area contributed by atoms with E-state index in [0.29, 0.717) is 4.91 Å². The molecular formula is C23H26N2O4S. The van der Waals surface area contributed by atoms with Crippen LogP contribution in [0.1, 0.15) is 41.9 Å². The molecule has 1 aromatic carbocycles. The molecule has 1 aliphatic heterocycles. The van der Waals surface area contributed by atoms with Gasteiger partial charge in [0.25, 0.3) is 11.1 Å². The Labute approximate surface area is 180 Å². The Morgan fingerprint density at radius 2 is 1.77 bits per heavy atom. The fraction of sp³-hybridized carbons (Fsp3) is 0.348. The maximum absolute atomic E-state index is 12.7. The molecule has 0 spiro atoms. The van der Waals surface area contributed by atoms with E-state index in [4.69, 9.17) is 4.74 Å². The number of carbonyl (C=O) groups is 3. The van der Waals surface area contributed by atoms with Crippen molar-refractivity contribution in [3.8, 4) is 5.69 Å². The Morgan fingerprint density at radius 1 is 1.13 bits per heavy atom. The summed E-state index contributed by atoms with van der Waals surface area (Å²) in [6.45, 7) is 11.2. The van der Waals surface area contributed by atoms with Crippen LogP contribution >= 0.6 is 11.8 Å². The average Bonchev–Trinajstić information content (AvgIpc) is 3.05. The lowest BCUT2D eigenvalue weighted by Gasteiger charge is -2.15. The highest BCUT2D eigenvalue weighted by Crippen LogP contribution is 2.34. The SMILES string of the molecule is Cc1cccc(C)c1-n1c(C)cc(/C=C2/SC(=O)N(CC(=O)OC(C)C)C2=O)c1C. The second kappa shape index (κ2) is 8.52. The number of esters is 1. The molecule has 3 rings (SSSR count). The van der Waals surface area contributed by atoms with Crippen LogP contribution < -0.4 is 0 Å². The van der Waals surface area contributed by atoms with Gasteiger partial charge in [0.1, 0.15) is 6.54 Å². The molecule has 2 heterocycles. The van der Waals surface area contributed by atoms with Gasteiger partial charge in [0, 0.05) is 11.4 Å². The molecule has 0 atom stereocenters. The van der Waals surface area contributed by atoms with E-state index in [9.17, 15) is 14.4 Å². The maximum Gasteiger partial charge on any atom is 0.326 e. The molecule has 7 heteroatoms. The van der Waals surface area contributed by atoms with Crippen molar-refractivity contribution in [3.63, 3.8) is 0 Å². The summed E-state index contributed by atoms with van der Waals surface area (Å²) in [6.07, 6.45) is 1.42. The smallest absolute Gasteiger partial charge is 0.326 e. The van der Waals surface area contributed by atoms with E-state index in [2.05, 4.69) is 30.5 Å². The summed E-state index contributed by atoms with van der Waals surface area (Å²) >= 11 is 0.845. The number of aromatic nitrogens is 1. The number of ether oxygens (including phenoxy) is 1. The van der Waals surface area contributed by atoms with Gasteiger partial charge in [-0.05, 0) is 82.1 Å². The third-order valence-corrected chi connectivity index (χ3v) is 5.86. The standard InChI is InChI=1S/C23H26N2O4S/c1-13(2)29-20(26)12-24-22(27)19(30-23(24)28)11-18-10-16(5)25(17(18)6)21-14(3)8-7-9-15(21)4/h7-11,13H,12H2,1-6H3/b19-11+. The fourth-order valence-corrected chi connectivity index (χ4v) is 4.47. The molecule has 1 saturated heterocycles. The van der Waals surface area contributed by atoms with Gasteiger partial charge in [0.05, 0.1) is 16.7 Å². The zero-order valence-electron chi connectivity index (χ0n) is 18.1. The van der Waals surface area contributed by atoms with Crippen LogP contribution in [0.15, 0.2) is 29.2 Å². The number of rotatable bonds is 5. The summed E-state index contributed by atoms with van der Waals surface area (Å²) in [4.78, 5) is 38.1. The van der Waals surface area contributed by atoms with Gasteiger partial charge >= 0.3 is 5.97 Å². The van der Waals surface area contributed by atoms with Crippen LogP contribution in [0.5, 0.6) is 0 Å². The predicted octanol–water partition coefficient (Wildman–Crippen LogP) is 4.70. The molecule has 0 unspecified atom stereocenters. The largest absolute Gasteiger partial charge is 0.462 e. The van der Waals surface area contributed by atoms with E-state index in [1.807, 2.05) is 26.0 Å². The molecule has 1 fully saturated rings. The van der Waals surface area contributed by atoms with Crippen LogP contribution in [0.25, 0.3) is 11.8 Å². The molecule has 1 aromatic heterocycles. The van der Waals surface area contributed by atoms with Crippen molar-refractivity contribution in [1.29, 1.82) is 0 Å². The Balaban J connectivity index is 1.92. The van der Waals surface area contributed by atoms with Gasteiger partial charge < -0.3 is 9.30 Å². The van der Waals surface area contributed by atoms with Crippen LogP contribution in [-0.4, -0.2) is 39.2 Å². The quantitative estimate of drug-likeness (QED) is 0.512. The molecule has 6 nitrogen and oxygen atoms in total. The lowest BCUT2D eigenvalue weighted by molar-refractivity contribution is -0.149. The number of thioether (sulfide) groups is 1. The Bertz CT molecular complexity index is 1050. The number of nitrogens with zero attached hydrogens (tertiary/aromatic N) is 2. The summed E-state index contributed by atoms with van der Waals surface area (Å²) in [7, 11) is 0. The molecule has 2 amide bonds. The predicted molar refractivity (Wildman–Crippen MR) is 119 cm³/mol. The molecule has 0 bridgehead atoms. The van der Waals surface area contributed by atoms with E-state index < -0.39 is 17.1 Å². The van der Waals surface area contributed by atoms with Crippen molar-refractivity contribution in [2.24, 2.45) is 0 Å². The molecule has 0 aliphatic carbocycles. The van der Waals surface area contributed by atoms with Gasteiger partial charge in [0.15, 0.2) is 0 Å². The summed E-state index contributed by atoms with van der Waals surface area (Å²) in [5.41, 5.74) is 6.33. The fourth-order valence-electron chi connectivity index (χ4n) is 3.64. The summed E-state index contributed by atoms with van der Waals surface area (Å²) in [5.74, 6) is -1.07. The molecule has 2 aromatic rings. The summed E-state index contributed by atoms with van der Waals surface area (Å²) in [5, 5.41) is -0.462. The van der Waals surface area contributed by atoms with Crippen LogP contribution in [0, 0.1) is 27.7 Å². The van der Waals surface area contributed by atoms with Crippen LogP contribution in [0.3, 0.4) is 0 Å². The van der Waals surface area contributed by atoms with E-state index in [-0.39, 0.29) is 12.6 Å². The first kappa shape index (κ1) is 21.9. The topological polar surface area (TPSA) is 68.6 Å². The lowest BCUT2D eigenvalue weighted by Crippen LogP contribution is -2.35. The normalized spacial score (nSPS) is 15.6. The van der Waals surface area contributed by atoms with Gasteiger partial charge in [-0.2, -0.15) is 0 Å². The monoisotopic (exact) mass is 426 g/mol. The minimum atomic E-state index is -0.596. The van der Waals surface area contributed by atoms with Crippen LogP contribution in [0.4, 0.5) is 4.79 Å². The number of para-hydroxylation sites is 1. The number of amides is 2. The number of imide groups is 1. The second-order valence-corrected chi connectivity index (χ2v) is 8.70. The Morgan fingerprint density at radius 3 is 2.37 bits per heavy atom. The summed E-state index contributed by atoms with van der Waals surface area (Å²) in [6, 6.07) is 8.18. The molecule has 30 heavy (non-hydrogen) atoms. The first-order chi connectivity index (χ1) is 14.1. The average molecular weight is 427 g/mol. The van der Waals surface area contributed by atoms with Crippen molar-refractivity contribution >= 4 is 35.0 Å². The highest BCUT2D eigenvalue weighted by molar-refractivity contribution is 8.18. The van der Waals surface area contributed by atoms with Crippen molar-refractivity contribution in [2.75, 3.05) is 6.54 Å². The minimum Gasteiger partial charge on any atom is -0.462 e. The number of benzene rings is 1. The second-order valence-electron chi connectivity index (χ2n) is 7.71. The highest BCUT2D eigenvalue weighted by Gasteiger charge is 2.37. The van der Waals surface area contributed by atoms with Gasteiger partial charge in [-0.1, -0.05) is 18.2 Å². The molecule has 0 radical (unpaired) electrons. The van der Waals surface area contributed by atoms with Crippen molar-refractivity contribution in [2.45, 2.75) is 47.6 Å². The minimum absolute atomic E-state index is 0.303. The number of hydrogen-bond donors (Lipinski definition) is 0. The zero-order valence-corrected chi connectivity index (χ0v) is 18.9. The Hall–Kier alpha value is -2.80. The molecule has 0 N–H and O–H groups in total. The lowest BCUT2D eigenvalue weighted by atomic mass is 10.1. The number of carbonyl (C=O) groups excluding carboxylic acids is 3. The molecule has 158 valence electrons. The molecule has 0 saturated carbocycles. The zero-order chi connectivity index (χ0) is 22.2. The van der Waals surface area contributed by atoms with Crippen LogP contribution in [-0.2, 0) is 14.3 Å². The van der Waals surface area contributed by atoms with Gasteiger partial charge in [-0.25, -0.2) is 0 Å². The van der Waals surface area contributed by atoms with E-state index in [0.717, 1.165) is 50.4 Å². The van der Waals surface area contributed by atoms with Crippen molar-refractivity contribution < 1.29 is 19.1 Å². The molecular weight excluding hydrogens is 400 g/mol. The first-order valence-electron chi connectivity index (χ1n) is 9.80. The van der Waals surface area contributed by atoms with E-state index in [1.165, 1.54) is 0 Å². The molecule has 1 aliphatic rings. The summed E-state index contributed by atoms with van der Waals surface area (Å²) < 4.78 is 7.22. The first-order valence-corrected chi connectivity index (χ1v) is 10.6. The third kappa shape index (κ3) is 4.21. The van der Waals surface area contributed by atoms with E-state index >= 15 is 0 Å². The van der Waals surface area contributed by atoms with Crippen LogP contribution in [0.2, 0.25) is 0 Å². The van der Waals surface area contributed by atoms with Crippen molar-refractivity contribution in [3.05, 3.63) is 57.2 Å². The number of hydrogen-bond acceptors (Lipinski definition) is 5. The number of aryl methyl sites for hydroxylation is 3. The van der Waals surface area contributed by atoms with Gasteiger partial charge in [-0.3, -0.25) is 19.3 Å². The highest BCUT2D eigenvalue weighted by atomic mass is 32.2. The van der Waals surface area contributed by atoms with E-state index in [1.54, 1.807) is 19.9 Å². The maximum atomic E-state index is 12.7. The van der Waals surface area contributed by atoms with Crippen molar-refractivity contribution in [1.82, 2.24) is 9.47 Å².